The molecule has 7 nitrogen and oxygen atoms in total. The number of urea groups is 1. The molecule has 2 heterocycles. The van der Waals surface area contributed by atoms with E-state index in [4.69, 9.17) is 5.11 Å². The molecule has 2 fully saturated rings. The molecule has 0 aliphatic carbocycles. The number of carbonyl (C=O) groups excluding carboxylic acids is 2. The standard InChI is InChI=1S/C14H23N3O4/c1-2-6-15-12(18)5-7-16-14(21)17-9-3-4-11(17)10(8-9)13(19)20/h9-11H,2-8H2,1H3,(H,15,18)(H,16,21)(H,19,20). The average molecular weight is 297 g/mol. The van der Waals surface area contributed by atoms with Crippen LogP contribution in [0.4, 0.5) is 4.79 Å². The summed E-state index contributed by atoms with van der Waals surface area (Å²) in [7, 11) is 0. The monoisotopic (exact) mass is 297 g/mol. The third-order valence-corrected chi connectivity index (χ3v) is 4.29. The smallest absolute Gasteiger partial charge is 0.317 e. The van der Waals surface area contributed by atoms with Gasteiger partial charge in [0.25, 0.3) is 0 Å². The van der Waals surface area contributed by atoms with Crippen LogP contribution in [0.2, 0.25) is 0 Å². The highest BCUT2D eigenvalue weighted by Gasteiger charge is 2.51. The maximum atomic E-state index is 12.2. The Balaban J connectivity index is 1.77. The van der Waals surface area contributed by atoms with Crippen LogP contribution < -0.4 is 10.6 Å². The molecule has 0 spiro atoms. The minimum absolute atomic E-state index is 0.0324. The number of rotatable bonds is 6. The first kappa shape index (κ1) is 15.6. The van der Waals surface area contributed by atoms with Crippen molar-refractivity contribution in [2.75, 3.05) is 13.1 Å². The summed E-state index contributed by atoms with van der Waals surface area (Å²) in [4.78, 5) is 36.4. The van der Waals surface area contributed by atoms with Crippen LogP contribution in [0.25, 0.3) is 0 Å². The molecule has 2 bridgehead atoms. The predicted molar refractivity (Wildman–Crippen MR) is 75.7 cm³/mol. The Morgan fingerprint density at radius 2 is 1.95 bits per heavy atom. The lowest BCUT2D eigenvalue weighted by Gasteiger charge is -2.23. The van der Waals surface area contributed by atoms with E-state index in [9.17, 15) is 14.4 Å². The number of carboxylic acid groups (broad SMARTS) is 1. The van der Waals surface area contributed by atoms with Crippen LogP contribution in [-0.2, 0) is 9.59 Å². The fourth-order valence-electron chi connectivity index (χ4n) is 3.30. The van der Waals surface area contributed by atoms with Crippen molar-refractivity contribution in [1.82, 2.24) is 15.5 Å². The van der Waals surface area contributed by atoms with Gasteiger partial charge in [-0.25, -0.2) is 4.79 Å². The van der Waals surface area contributed by atoms with Crippen LogP contribution in [-0.4, -0.2) is 53.1 Å². The summed E-state index contributed by atoms with van der Waals surface area (Å²) in [6.07, 6.45) is 3.30. The van der Waals surface area contributed by atoms with Gasteiger partial charge < -0.3 is 20.6 Å². The summed E-state index contributed by atoms with van der Waals surface area (Å²) in [5.41, 5.74) is 0. The topological polar surface area (TPSA) is 98.7 Å². The van der Waals surface area contributed by atoms with Crippen LogP contribution in [0.15, 0.2) is 0 Å². The molecule has 0 aromatic carbocycles. The molecular weight excluding hydrogens is 274 g/mol. The predicted octanol–water partition coefficient (Wildman–Crippen LogP) is 0.550. The molecule has 0 saturated carbocycles. The number of nitrogens with zero attached hydrogens (tertiary/aromatic N) is 1. The Labute approximate surface area is 124 Å². The normalized spacial score (nSPS) is 26.7. The largest absolute Gasteiger partial charge is 0.481 e. The molecule has 2 rings (SSSR count). The highest BCUT2D eigenvalue weighted by Crippen LogP contribution is 2.41. The highest BCUT2D eigenvalue weighted by molar-refractivity contribution is 5.80. The van der Waals surface area contributed by atoms with E-state index in [0.717, 1.165) is 19.3 Å². The lowest BCUT2D eigenvalue weighted by Crippen LogP contribution is -2.45. The van der Waals surface area contributed by atoms with E-state index in [1.165, 1.54) is 0 Å². The highest BCUT2D eigenvalue weighted by atomic mass is 16.4. The van der Waals surface area contributed by atoms with Gasteiger partial charge in [0.05, 0.1) is 5.92 Å². The van der Waals surface area contributed by atoms with E-state index in [0.29, 0.717) is 13.0 Å². The number of amides is 3. The molecule has 21 heavy (non-hydrogen) atoms. The SMILES string of the molecule is CCCNC(=O)CCNC(=O)N1C2CCC1C(C(=O)O)C2. The molecule has 0 radical (unpaired) electrons. The number of carboxylic acids is 1. The quantitative estimate of drug-likeness (QED) is 0.666. The van der Waals surface area contributed by atoms with Crippen molar-refractivity contribution in [2.24, 2.45) is 5.92 Å². The summed E-state index contributed by atoms with van der Waals surface area (Å²) in [5, 5.41) is 14.6. The molecule has 3 N–H and O–H groups in total. The van der Waals surface area contributed by atoms with Gasteiger partial charge in [0, 0.05) is 31.6 Å². The molecule has 3 atom stereocenters. The van der Waals surface area contributed by atoms with Crippen molar-refractivity contribution < 1.29 is 19.5 Å². The Morgan fingerprint density at radius 3 is 2.57 bits per heavy atom. The van der Waals surface area contributed by atoms with Gasteiger partial charge in [-0.1, -0.05) is 6.92 Å². The van der Waals surface area contributed by atoms with Gasteiger partial charge >= 0.3 is 12.0 Å². The molecule has 118 valence electrons. The number of nitrogens with one attached hydrogen (secondary N) is 2. The minimum Gasteiger partial charge on any atom is -0.481 e. The first-order valence-electron chi connectivity index (χ1n) is 7.60. The van der Waals surface area contributed by atoms with Gasteiger partial charge in [-0.15, -0.1) is 0 Å². The number of hydrogen-bond donors (Lipinski definition) is 3. The van der Waals surface area contributed by atoms with Crippen LogP contribution in [0.1, 0.15) is 39.0 Å². The van der Waals surface area contributed by atoms with E-state index in [1.54, 1.807) is 4.90 Å². The van der Waals surface area contributed by atoms with Crippen molar-refractivity contribution in [3.63, 3.8) is 0 Å². The first-order valence-corrected chi connectivity index (χ1v) is 7.60. The number of carbonyl (C=O) groups is 3. The van der Waals surface area contributed by atoms with Crippen molar-refractivity contribution in [1.29, 1.82) is 0 Å². The maximum absolute atomic E-state index is 12.2. The number of aliphatic carboxylic acids is 1. The van der Waals surface area contributed by atoms with Crippen molar-refractivity contribution >= 4 is 17.9 Å². The average Bonchev–Trinajstić information content (AvgIpc) is 3.02. The van der Waals surface area contributed by atoms with Gasteiger partial charge in [0.2, 0.25) is 5.91 Å². The molecule has 3 unspecified atom stereocenters. The maximum Gasteiger partial charge on any atom is 0.317 e. The minimum atomic E-state index is -0.820. The van der Waals surface area contributed by atoms with E-state index in [2.05, 4.69) is 10.6 Å². The molecule has 7 heteroatoms. The Bertz CT molecular complexity index is 426. The molecule has 0 aromatic heterocycles. The van der Waals surface area contributed by atoms with Crippen molar-refractivity contribution in [3.8, 4) is 0 Å². The second kappa shape index (κ2) is 6.78. The zero-order valence-electron chi connectivity index (χ0n) is 12.3. The molecule has 2 saturated heterocycles. The molecule has 2 aliphatic rings. The second-order valence-electron chi connectivity index (χ2n) is 5.72. The lowest BCUT2D eigenvalue weighted by molar-refractivity contribution is -0.142. The number of hydrogen-bond acceptors (Lipinski definition) is 3. The summed E-state index contributed by atoms with van der Waals surface area (Å²) in [5.74, 6) is -1.34. The molecule has 2 aliphatic heterocycles. The van der Waals surface area contributed by atoms with Crippen molar-refractivity contribution in [2.45, 2.75) is 51.1 Å². The fraction of sp³-hybridized carbons (Fsp3) is 0.786. The second-order valence-corrected chi connectivity index (χ2v) is 5.72. The molecular formula is C14H23N3O4. The van der Waals surface area contributed by atoms with Gasteiger partial charge in [-0.05, 0) is 25.7 Å². The Hall–Kier alpha value is -1.79. The summed E-state index contributed by atoms with van der Waals surface area (Å²) in [6, 6.07) is -0.402. The van der Waals surface area contributed by atoms with E-state index >= 15 is 0 Å². The number of fused-ring (bicyclic) bond motifs is 2. The van der Waals surface area contributed by atoms with E-state index in [1.807, 2.05) is 6.92 Å². The zero-order valence-corrected chi connectivity index (χ0v) is 12.3. The summed E-state index contributed by atoms with van der Waals surface area (Å²) in [6.45, 7) is 2.90. The van der Waals surface area contributed by atoms with Gasteiger partial charge in [-0.2, -0.15) is 0 Å². The van der Waals surface area contributed by atoms with Gasteiger partial charge in [0.15, 0.2) is 0 Å². The summed E-state index contributed by atoms with van der Waals surface area (Å²) < 4.78 is 0. The molecule has 0 aromatic rings. The van der Waals surface area contributed by atoms with Crippen LogP contribution in [0.5, 0.6) is 0 Å². The van der Waals surface area contributed by atoms with Gasteiger partial charge in [0.1, 0.15) is 0 Å². The van der Waals surface area contributed by atoms with Crippen LogP contribution >= 0.6 is 0 Å². The zero-order chi connectivity index (χ0) is 15.4. The van der Waals surface area contributed by atoms with Crippen LogP contribution in [0, 0.1) is 5.92 Å². The fourth-order valence-corrected chi connectivity index (χ4v) is 3.30. The van der Waals surface area contributed by atoms with Crippen molar-refractivity contribution in [3.05, 3.63) is 0 Å². The molecule has 3 amide bonds. The third-order valence-electron chi connectivity index (χ3n) is 4.29. The summed E-state index contributed by atoms with van der Waals surface area (Å²) >= 11 is 0. The third kappa shape index (κ3) is 3.46. The lowest BCUT2D eigenvalue weighted by atomic mass is 9.89. The van der Waals surface area contributed by atoms with Gasteiger partial charge in [-0.3, -0.25) is 9.59 Å². The van der Waals surface area contributed by atoms with Crippen LogP contribution in [0.3, 0.4) is 0 Å². The van der Waals surface area contributed by atoms with E-state index < -0.39 is 11.9 Å². The Morgan fingerprint density at radius 1 is 1.19 bits per heavy atom. The Kier molecular flexibility index (Phi) is 5.03. The van der Waals surface area contributed by atoms with E-state index in [-0.39, 0.29) is 37.0 Å². The first-order chi connectivity index (χ1) is 10.0.